The van der Waals surface area contributed by atoms with Gasteiger partial charge in [-0.15, -0.1) is 0 Å². The molecule has 0 aliphatic carbocycles. The Bertz CT molecular complexity index is 1780. The molecule has 1 heterocycles. The largest absolute Gasteiger partial charge is 0.492 e. The number of nitrogens with one attached hydrogen (secondary N) is 1. The number of carboxylic acid groups (broad SMARTS) is 1. The molecule has 4 aromatic carbocycles. The number of benzene rings is 4. The predicted octanol–water partition coefficient (Wildman–Crippen LogP) is 8.45. The number of ether oxygens (including phenoxy) is 2. The number of carbonyl (C=O) groups excluding carboxylic acids is 1. The van der Waals surface area contributed by atoms with E-state index in [1.165, 1.54) is 12.1 Å². The smallest absolute Gasteiger partial charge is 0.333 e. The maximum Gasteiger partial charge on any atom is 0.333 e. The summed E-state index contributed by atoms with van der Waals surface area (Å²) in [5.74, 6) is -0.992. The summed E-state index contributed by atoms with van der Waals surface area (Å²) in [5, 5.41) is 12.5. The molecule has 5 rings (SSSR count). The van der Waals surface area contributed by atoms with Crippen LogP contribution in [-0.4, -0.2) is 40.9 Å². The molecule has 1 amide bonds. The topological polar surface area (TPSA) is 89.8 Å². The number of anilines is 1. The fraction of sp³-hybridized carbons (Fsp3) is 0.231. The molecule has 1 atom stereocenters. The summed E-state index contributed by atoms with van der Waals surface area (Å²) in [6.45, 7) is 6.89. The first kappa shape index (κ1) is 33.2. The molecule has 1 unspecified atom stereocenters. The van der Waals surface area contributed by atoms with Crippen LogP contribution < -0.4 is 10.1 Å². The zero-order chi connectivity index (χ0) is 33.3. The van der Waals surface area contributed by atoms with Crippen molar-refractivity contribution < 1.29 is 28.6 Å². The van der Waals surface area contributed by atoms with Crippen molar-refractivity contribution in [3.05, 3.63) is 132 Å². The molecule has 0 spiro atoms. The van der Waals surface area contributed by atoms with E-state index in [2.05, 4.69) is 23.7 Å². The van der Waals surface area contributed by atoms with Gasteiger partial charge in [-0.2, -0.15) is 0 Å². The lowest BCUT2D eigenvalue weighted by Gasteiger charge is -2.18. The summed E-state index contributed by atoms with van der Waals surface area (Å²) in [6, 6.07) is 32.8. The van der Waals surface area contributed by atoms with Gasteiger partial charge in [0, 0.05) is 30.0 Å². The zero-order valence-electron chi connectivity index (χ0n) is 26.8. The molecule has 0 radical (unpaired) electrons. The second-order valence-electron chi connectivity index (χ2n) is 11.5. The lowest BCUT2D eigenvalue weighted by molar-refractivity contribution is -0.149. The van der Waals surface area contributed by atoms with Gasteiger partial charge >= 0.3 is 5.97 Å². The van der Waals surface area contributed by atoms with Crippen molar-refractivity contribution in [2.45, 2.75) is 45.8 Å². The Hall–Kier alpha value is -5.21. The van der Waals surface area contributed by atoms with Crippen LogP contribution in [0.1, 0.15) is 48.3 Å². The molecule has 47 heavy (non-hydrogen) atoms. The highest BCUT2D eigenvalue weighted by molar-refractivity contribution is 6.12. The molecule has 0 saturated carbocycles. The molecule has 1 aromatic heterocycles. The van der Waals surface area contributed by atoms with Crippen LogP contribution in [0.2, 0.25) is 0 Å². The van der Waals surface area contributed by atoms with Crippen LogP contribution in [-0.2, 0) is 22.5 Å². The van der Waals surface area contributed by atoms with Gasteiger partial charge in [0.2, 0.25) is 0 Å². The van der Waals surface area contributed by atoms with Crippen molar-refractivity contribution >= 4 is 17.6 Å². The minimum Gasteiger partial charge on any atom is -0.492 e. The van der Waals surface area contributed by atoms with Gasteiger partial charge in [0.15, 0.2) is 6.10 Å². The average molecular weight is 635 g/mol. The number of rotatable bonds is 14. The minimum absolute atomic E-state index is 0.0463. The number of aliphatic carboxylic acids is 1. The van der Waals surface area contributed by atoms with Gasteiger partial charge in [-0.1, -0.05) is 74.5 Å². The number of hydrogen-bond acceptors (Lipinski definition) is 4. The highest BCUT2D eigenvalue weighted by Gasteiger charge is 2.30. The highest BCUT2D eigenvalue weighted by atomic mass is 19.1. The van der Waals surface area contributed by atoms with E-state index in [4.69, 9.17) is 9.47 Å². The Kier molecular flexibility index (Phi) is 10.9. The van der Waals surface area contributed by atoms with E-state index < -0.39 is 12.1 Å². The number of halogens is 1. The average Bonchev–Trinajstić information content (AvgIpc) is 3.42. The third-order valence-corrected chi connectivity index (χ3v) is 7.86. The minimum atomic E-state index is -0.997. The van der Waals surface area contributed by atoms with Gasteiger partial charge in [0.05, 0.1) is 17.8 Å². The standard InChI is InChI=1S/C39H39FN2O5/c1-4-46-33(39(44)45)25-27-15-21-32(22-16-27)47-24-23-42-36(26(2)3)35(38(43)41-31-13-9-6-10-14-31)34(28-11-7-5-8-12-28)37(42)29-17-19-30(40)20-18-29/h5-22,26,33H,4,23-25H2,1-3H3,(H,41,43)(H,44,45). The SMILES string of the molecule is CCOC(Cc1ccc(OCCn2c(-c3ccc(F)cc3)c(-c3ccccc3)c(C(=O)Nc3ccccc3)c2C(C)C)cc1)C(=O)O. The first-order valence-corrected chi connectivity index (χ1v) is 15.8. The summed E-state index contributed by atoms with van der Waals surface area (Å²) in [6.07, 6.45) is -0.659. The van der Waals surface area contributed by atoms with Crippen LogP contribution in [0.3, 0.4) is 0 Å². The molecule has 0 aliphatic heterocycles. The third kappa shape index (κ3) is 7.96. The van der Waals surface area contributed by atoms with E-state index in [0.717, 1.165) is 33.6 Å². The number of carboxylic acids is 1. The van der Waals surface area contributed by atoms with Crippen LogP contribution in [0.15, 0.2) is 109 Å². The molecule has 2 N–H and O–H groups in total. The maximum absolute atomic E-state index is 14.2. The molecule has 0 fully saturated rings. The van der Waals surface area contributed by atoms with Crippen molar-refractivity contribution in [2.75, 3.05) is 18.5 Å². The van der Waals surface area contributed by atoms with Crippen molar-refractivity contribution in [3.8, 4) is 28.1 Å². The van der Waals surface area contributed by atoms with Crippen LogP contribution in [0.5, 0.6) is 5.75 Å². The van der Waals surface area contributed by atoms with Crippen molar-refractivity contribution in [3.63, 3.8) is 0 Å². The Morgan fingerprint density at radius 1 is 0.851 bits per heavy atom. The van der Waals surface area contributed by atoms with E-state index in [1.807, 2.05) is 84.9 Å². The van der Waals surface area contributed by atoms with Gasteiger partial charge in [-0.3, -0.25) is 4.79 Å². The predicted molar refractivity (Wildman–Crippen MR) is 182 cm³/mol. The summed E-state index contributed by atoms with van der Waals surface area (Å²) >= 11 is 0. The van der Waals surface area contributed by atoms with Crippen molar-refractivity contribution in [2.24, 2.45) is 0 Å². The summed E-state index contributed by atoms with van der Waals surface area (Å²) in [7, 11) is 0. The van der Waals surface area contributed by atoms with E-state index in [1.54, 1.807) is 19.1 Å². The normalized spacial score (nSPS) is 11.8. The van der Waals surface area contributed by atoms with E-state index in [-0.39, 0.29) is 30.7 Å². The molecule has 242 valence electrons. The number of aromatic nitrogens is 1. The fourth-order valence-corrected chi connectivity index (χ4v) is 5.82. The second kappa shape index (κ2) is 15.4. The highest BCUT2D eigenvalue weighted by Crippen LogP contribution is 2.42. The molecular weight excluding hydrogens is 595 g/mol. The first-order valence-electron chi connectivity index (χ1n) is 15.8. The van der Waals surface area contributed by atoms with Crippen LogP contribution in [0, 0.1) is 5.82 Å². The molecule has 0 saturated heterocycles. The zero-order valence-corrected chi connectivity index (χ0v) is 26.8. The number of amides is 1. The van der Waals surface area contributed by atoms with Crippen LogP contribution >= 0.6 is 0 Å². The van der Waals surface area contributed by atoms with E-state index in [9.17, 15) is 19.1 Å². The fourth-order valence-electron chi connectivity index (χ4n) is 5.82. The number of para-hydroxylation sites is 1. The van der Waals surface area contributed by atoms with Gasteiger partial charge in [0.1, 0.15) is 18.2 Å². The Labute approximate surface area is 274 Å². The molecule has 0 aliphatic rings. The second-order valence-corrected chi connectivity index (χ2v) is 11.5. The Morgan fingerprint density at radius 3 is 2.09 bits per heavy atom. The first-order chi connectivity index (χ1) is 22.8. The van der Waals surface area contributed by atoms with Gasteiger partial charge in [0.25, 0.3) is 5.91 Å². The number of carbonyl (C=O) groups is 2. The van der Waals surface area contributed by atoms with E-state index in [0.29, 0.717) is 30.2 Å². The lowest BCUT2D eigenvalue weighted by Crippen LogP contribution is -2.26. The van der Waals surface area contributed by atoms with Crippen LogP contribution in [0.25, 0.3) is 22.4 Å². The van der Waals surface area contributed by atoms with Gasteiger partial charge < -0.3 is 24.5 Å². The van der Waals surface area contributed by atoms with Gasteiger partial charge in [-0.05, 0) is 78.1 Å². The molecular formula is C39H39FN2O5. The molecule has 5 aromatic rings. The van der Waals surface area contributed by atoms with E-state index >= 15 is 0 Å². The van der Waals surface area contributed by atoms with Crippen LogP contribution in [0.4, 0.5) is 10.1 Å². The molecule has 0 bridgehead atoms. The number of nitrogens with zero attached hydrogens (tertiary/aromatic N) is 1. The summed E-state index contributed by atoms with van der Waals surface area (Å²) < 4.78 is 27.8. The summed E-state index contributed by atoms with van der Waals surface area (Å²) in [5.41, 5.74) is 6.11. The third-order valence-electron chi connectivity index (χ3n) is 7.86. The Morgan fingerprint density at radius 2 is 1.49 bits per heavy atom. The lowest BCUT2D eigenvalue weighted by atomic mass is 9.94. The van der Waals surface area contributed by atoms with Crippen molar-refractivity contribution in [1.82, 2.24) is 4.57 Å². The quantitative estimate of drug-likeness (QED) is 0.128. The van der Waals surface area contributed by atoms with Crippen molar-refractivity contribution in [1.29, 1.82) is 0 Å². The monoisotopic (exact) mass is 634 g/mol. The maximum atomic E-state index is 14.2. The van der Waals surface area contributed by atoms with Gasteiger partial charge in [-0.25, -0.2) is 9.18 Å². The molecule has 8 heteroatoms. The Balaban J connectivity index is 1.54. The molecule has 7 nitrogen and oxygen atoms in total. The number of hydrogen-bond donors (Lipinski definition) is 2. The summed E-state index contributed by atoms with van der Waals surface area (Å²) in [4.78, 5) is 25.7.